The highest BCUT2D eigenvalue weighted by molar-refractivity contribution is 9.10. The minimum atomic E-state index is -1.06. The van der Waals surface area contributed by atoms with Crippen LogP contribution in [0.3, 0.4) is 0 Å². The number of nitrogens with zero attached hydrogens (tertiary/aromatic N) is 7. The van der Waals surface area contributed by atoms with Gasteiger partial charge in [-0.05, 0) is 279 Å². The van der Waals surface area contributed by atoms with Crippen molar-refractivity contribution in [1.29, 1.82) is 5.26 Å². The number of aromatic hydroxyl groups is 7. The van der Waals surface area contributed by atoms with Gasteiger partial charge in [0, 0.05) is 44.6 Å². The number of fused-ring (bicyclic) bond motifs is 5. The minimum absolute atomic E-state index is 0.0171. The van der Waals surface area contributed by atoms with Gasteiger partial charge in [0.2, 0.25) is 0 Å². The first-order valence-corrected chi connectivity index (χ1v) is 37.0. The standard InChI is InChI=1S/C20H16N2O.C20H17NO4.C19H16N2O3.C19H17NO2.C17H14BrNO2/c1-13-11-14(2)20(23)19-18(13)10-9-17(22-19)8-7-15-5-3-4-6-16(15)12-21;1-11-9-12(2)19(23)18-16(11)7-6-15(21-18)5-3-13-10-14(20(24)25)4-8-17(13)22;1-12-10-13(2)19(22)18-17(12)9-8-15(20-18)7-6-14-4-3-5-16(11-14)21(23)24;1-12-10-13(2)19(22)18-17(12)9-8-15(20-18)7-6-14-4-3-5-16(21)11-14;1-10-9-11(2)17(20)16-14(10)7-4-12(19-16)3-5-13-6-8-15(18)21-13/h3-11,23H,1-2H3;3-10,22-23H,1-2H3,(H,24,25);3-11,22H,1-2H3;3-11,21-22H,1-2H3;3-9,20H,1-2H3/b8-7+;5-3+;2*7-6+;5-3+. The maximum atomic E-state index is 11.0. The molecular formula is C95H80BrN7O12. The monoisotopic (exact) mass is 1590 g/mol. The van der Waals surface area contributed by atoms with Crippen molar-refractivity contribution in [1.82, 2.24) is 24.9 Å². The van der Waals surface area contributed by atoms with Gasteiger partial charge in [0.25, 0.3) is 5.69 Å². The van der Waals surface area contributed by atoms with Crippen LogP contribution in [0, 0.1) is 90.7 Å². The average molecular weight is 1590 g/mol. The minimum Gasteiger partial charge on any atom is -0.508 e. The molecule has 6 aromatic heterocycles. The third kappa shape index (κ3) is 19.8. The van der Waals surface area contributed by atoms with Crippen molar-refractivity contribution in [3.63, 3.8) is 0 Å². The Morgan fingerprint density at radius 2 is 0.757 bits per heavy atom. The highest BCUT2D eigenvalue weighted by Gasteiger charge is 2.16. The quantitative estimate of drug-likeness (QED) is 0.0416. The zero-order valence-corrected chi connectivity index (χ0v) is 66.1. The second-order valence-electron chi connectivity index (χ2n) is 27.5. The third-order valence-corrected chi connectivity index (χ3v) is 19.4. The molecule has 19 nitrogen and oxygen atoms in total. The van der Waals surface area contributed by atoms with E-state index in [4.69, 9.17) is 14.8 Å². The number of nitro groups is 1. The van der Waals surface area contributed by atoms with E-state index < -0.39 is 10.9 Å². The van der Waals surface area contributed by atoms with Crippen LogP contribution in [0.15, 0.2) is 203 Å². The fraction of sp³-hybridized carbons (Fsp3) is 0.105. The van der Waals surface area contributed by atoms with Crippen LogP contribution in [-0.2, 0) is 0 Å². The summed E-state index contributed by atoms with van der Waals surface area (Å²) in [5.41, 5.74) is 19.5. The largest absolute Gasteiger partial charge is 0.508 e. The molecule has 0 bridgehead atoms. The van der Waals surface area contributed by atoms with E-state index in [9.17, 15) is 50.7 Å². The molecule has 0 atom stereocenters. The predicted octanol–water partition coefficient (Wildman–Crippen LogP) is 22.9. The smallest absolute Gasteiger partial charge is 0.335 e. The number of hydrogen-bond donors (Lipinski definition) is 8. The van der Waals surface area contributed by atoms with Crippen LogP contribution in [0.25, 0.3) is 115 Å². The zero-order chi connectivity index (χ0) is 82.5. The van der Waals surface area contributed by atoms with E-state index in [-0.39, 0.29) is 51.5 Å². The van der Waals surface area contributed by atoms with E-state index in [0.29, 0.717) is 54.8 Å². The van der Waals surface area contributed by atoms with Crippen molar-refractivity contribution < 1.29 is 55.0 Å². The Hall–Kier alpha value is -14.6. The number of nitriles is 1. The SMILES string of the molecule is Cc1cc(C)c2ccc(/C=C/c3cc(C(=O)O)ccc3O)nc2c1O.Cc1cc(C)c2ccc(/C=C/c3ccc(Br)o3)nc2c1O.Cc1cc(C)c2ccc(/C=C/c3cccc(O)c3)nc2c1O.Cc1cc(C)c2ccc(/C=C/c3cccc([N+](=O)[O-])c3)nc2c1O.Cc1cc(C)c2ccc(/C=C/c3ccccc3C#N)nc2c1O. The molecule has 20 heteroatoms. The Kier molecular flexibility index (Phi) is 25.6. The molecule has 0 saturated heterocycles. The number of aromatic carboxylic acids is 1. The highest BCUT2D eigenvalue weighted by Crippen LogP contribution is 2.36. The highest BCUT2D eigenvalue weighted by atomic mass is 79.9. The van der Waals surface area contributed by atoms with Crippen LogP contribution in [-0.4, -0.2) is 76.7 Å². The molecule has 6 heterocycles. The number of phenols is 7. The Morgan fingerprint density at radius 3 is 1.12 bits per heavy atom. The van der Waals surface area contributed by atoms with Crippen molar-refractivity contribution in [3.8, 4) is 46.3 Å². The summed E-state index contributed by atoms with van der Waals surface area (Å²) >= 11 is 3.27. The number of benzene rings is 9. The molecule has 0 saturated carbocycles. The van der Waals surface area contributed by atoms with Crippen molar-refractivity contribution in [2.24, 2.45) is 0 Å². The van der Waals surface area contributed by atoms with E-state index in [1.807, 2.05) is 227 Å². The second-order valence-corrected chi connectivity index (χ2v) is 28.3. The number of furan rings is 1. The average Bonchev–Trinajstić information content (AvgIpc) is 1.18. The summed E-state index contributed by atoms with van der Waals surface area (Å²) in [4.78, 5) is 44.0. The number of non-ortho nitro benzene ring substituents is 1. The first kappa shape index (κ1) is 81.4. The fourth-order valence-electron chi connectivity index (χ4n) is 12.9. The molecule has 0 unspecified atom stereocenters. The summed E-state index contributed by atoms with van der Waals surface area (Å²) in [5, 5.41) is 104. The van der Waals surface area contributed by atoms with Gasteiger partial charge >= 0.3 is 5.97 Å². The molecule has 0 aliphatic carbocycles. The maximum Gasteiger partial charge on any atom is 0.335 e. The lowest BCUT2D eigenvalue weighted by atomic mass is 10.0. The van der Waals surface area contributed by atoms with E-state index in [1.54, 1.807) is 66.8 Å². The molecule has 115 heavy (non-hydrogen) atoms. The van der Waals surface area contributed by atoms with Crippen LogP contribution in [0.4, 0.5) is 5.69 Å². The molecule has 9 aromatic carbocycles. The Morgan fingerprint density at radius 1 is 0.391 bits per heavy atom. The molecule has 15 aromatic rings. The number of rotatable bonds is 12. The van der Waals surface area contributed by atoms with Crippen LogP contribution < -0.4 is 0 Å². The molecule has 0 fully saturated rings. The molecule has 15 rings (SSSR count). The number of carbonyl (C=O) groups is 1. The van der Waals surface area contributed by atoms with E-state index in [2.05, 4.69) is 46.9 Å². The van der Waals surface area contributed by atoms with Gasteiger partial charge in [0.1, 0.15) is 73.6 Å². The van der Waals surface area contributed by atoms with Gasteiger partial charge in [-0.15, -0.1) is 0 Å². The molecule has 8 N–H and O–H groups in total. The number of hydrogen-bond acceptors (Lipinski definition) is 17. The zero-order valence-electron chi connectivity index (χ0n) is 64.5. The third-order valence-electron chi connectivity index (χ3n) is 18.9. The van der Waals surface area contributed by atoms with Crippen LogP contribution in [0.5, 0.6) is 40.2 Å². The van der Waals surface area contributed by atoms with Gasteiger partial charge in [-0.2, -0.15) is 5.26 Å². The van der Waals surface area contributed by atoms with Gasteiger partial charge in [0.15, 0.2) is 4.67 Å². The summed E-state index contributed by atoms with van der Waals surface area (Å²) in [6.07, 6.45) is 18.0. The summed E-state index contributed by atoms with van der Waals surface area (Å²) in [6.45, 7) is 19.3. The number of carboxylic acid groups (broad SMARTS) is 1. The molecule has 0 radical (unpaired) electrons. The Labute approximate surface area is 671 Å². The van der Waals surface area contributed by atoms with Gasteiger partial charge in [0.05, 0.1) is 50.6 Å². The van der Waals surface area contributed by atoms with Gasteiger partial charge < -0.3 is 45.3 Å². The molecule has 0 aliphatic rings. The molecule has 0 amide bonds. The van der Waals surface area contributed by atoms with Crippen LogP contribution in [0.2, 0.25) is 0 Å². The first-order chi connectivity index (χ1) is 55.0. The van der Waals surface area contributed by atoms with Crippen molar-refractivity contribution in [3.05, 3.63) is 332 Å². The number of nitro benzene ring substituents is 1. The number of carboxylic acids is 1. The molecule has 0 spiro atoms. The second kappa shape index (κ2) is 36.1. The fourth-order valence-corrected chi connectivity index (χ4v) is 13.2. The Bertz CT molecular complexity index is 6510. The van der Waals surface area contributed by atoms with Crippen molar-refractivity contribution in [2.75, 3.05) is 0 Å². The van der Waals surface area contributed by atoms with E-state index >= 15 is 0 Å². The van der Waals surface area contributed by atoms with E-state index in [1.165, 1.54) is 30.3 Å². The summed E-state index contributed by atoms with van der Waals surface area (Å²) in [6, 6.07) is 59.6. The van der Waals surface area contributed by atoms with Gasteiger partial charge in [-0.1, -0.05) is 121 Å². The van der Waals surface area contributed by atoms with Crippen molar-refractivity contribution >= 4 is 143 Å². The van der Waals surface area contributed by atoms with Gasteiger partial charge in [-0.3, -0.25) is 10.1 Å². The maximum absolute atomic E-state index is 11.0. The lowest BCUT2D eigenvalue weighted by molar-refractivity contribution is -0.384. The molecule has 0 aliphatic heterocycles. The molecular weight excluding hydrogens is 1510 g/mol. The Balaban J connectivity index is 0.000000142. The summed E-state index contributed by atoms with van der Waals surface area (Å²) < 4.78 is 6.10. The number of aryl methyl sites for hydroxylation is 10. The summed E-state index contributed by atoms with van der Waals surface area (Å²) in [5.74, 6) is 0.919. The number of phenolic OH excluding ortho intramolecular Hbond substituents is 7. The van der Waals surface area contributed by atoms with E-state index in [0.717, 1.165) is 122 Å². The lowest BCUT2D eigenvalue weighted by Gasteiger charge is -2.08. The van der Waals surface area contributed by atoms with Crippen LogP contribution in [0.1, 0.15) is 128 Å². The lowest BCUT2D eigenvalue weighted by Crippen LogP contribution is -1.95. The number of pyridine rings is 5. The number of halogens is 1. The summed E-state index contributed by atoms with van der Waals surface area (Å²) in [7, 11) is 0. The molecule has 574 valence electrons. The topological polar surface area (TPSA) is 323 Å². The first-order valence-electron chi connectivity index (χ1n) is 36.3. The van der Waals surface area contributed by atoms with Crippen molar-refractivity contribution in [2.45, 2.75) is 69.2 Å². The van der Waals surface area contributed by atoms with Crippen LogP contribution >= 0.6 is 15.9 Å². The normalized spacial score (nSPS) is 11.3. The predicted molar refractivity (Wildman–Crippen MR) is 463 cm³/mol. The number of aromatic nitrogens is 5. The van der Waals surface area contributed by atoms with Gasteiger partial charge in [-0.25, -0.2) is 29.7 Å².